The number of anilines is 1. The topological polar surface area (TPSA) is 61.0 Å². The zero-order valence-electron chi connectivity index (χ0n) is 17.3. The number of benzene rings is 1. The van der Waals surface area contributed by atoms with Gasteiger partial charge in [0.1, 0.15) is 35.1 Å². The van der Waals surface area contributed by atoms with Crippen LogP contribution in [0.15, 0.2) is 24.5 Å². The summed E-state index contributed by atoms with van der Waals surface area (Å²) in [7, 11) is 0. The molecule has 4 heterocycles. The first-order valence-electron chi connectivity index (χ1n) is 10.8. The lowest BCUT2D eigenvalue weighted by molar-refractivity contribution is 0.260. The van der Waals surface area contributed by atoms with Crippen molar-refractivity contribution < 1.29 is 8.78 Å². The van der Waals surface area contributed by atoms with Gasteiger partial charge in [-0.25, -0.2) is 18.7 Å². The number of nitriles is 1. The molecule has 0 bridgehead atoms. The van der Waals surface area contributed by atoms with E-state index in [1.54, 1.807) is 6.33 Å². The molecule has 2 aliphatic heterocycles. The minimum Gasteiger partial charge on any atom is -0.352 e. The van der Waals surface area contributed by atoms with E-state index < -0.39 is 11.6 Å². The Balaban J connectivity index is 1.32. The van der Waals surface area contributed by atoms with Gasteiger partial charge >= 0.3 is 0 Å². The van der Waals surface area contributed by atoms with Crippen LogP contribution in [-0.4, -0.2) is 52.2 Å². The van der Waals surface area contributed by atoms with Crippen LogP contribution < -0.4 is 4.90 Å². The molecule has 8 heteroatoms. The summed E-state index contributed by atoms with van der Waals surface area (Å²) in [6, 6.07) is 6.07. The second kappa shape index (κ2) is 8.23. The highest BCUT2D eigenvalue weighted by Crippen LogP contribution is 2.34. The van der Waals surface area contributed by atoms with Crippen molar-refractivity contribution in [3.63, 3.8) is 0 Å². The maximum Gasteiger partial charge on any atom is 0.156 e. The summed E-state index contributed by atoms with van der Waals surface area (Å²) in [5.41, 5.74) is 4.21. The van der Waals surface area contributed by atoms with Gasteiger partial charge in [-0.3, -0.25) is 4.90 Å². The molecule has 0 atom stereocenters. The number of halogens is 2. The number of aromatic nitrogens is 3. The summed E-state index contributed by atoms with van der Waals surface area (Å²) in [5, 5.41) is 9.71. The fourth-order valence-corrected chi connectivity index (χ4v) is 4.85. The molecule has 1 aromatic carbocycles. The highest BCUT2D eigenvalue weighted by atomic mass is 19.1. The van der Waals surface area contributed by atoms with Crippen LogP contribution in [0.1, 0.15) is 29.7 Å². The summed E-state index contributed by atoms with van der Waals surface area (Å²) in [6.45, 7) is 4.98. The SMILES string of the molecule is N#Cc1c2n(c3c(N4CCN(CCc5cc(F)cc(F)c5)CC4)ncnc13)CCCC2. The van der Waals surface area contributed by atoms with Crippen molar-refractivity contribution >= 4 is 16.9 Å². The molecule has 3 aromatic rings. The van der Waals surface area contributed by atoms with E-state index in [-0.39, 0.29) is 0 Å². The first-order valence-corrected chi connectivity index (χ1v) is 10.8. The number of fused-ring (bicyclic) bond motifs is 3. The normalized spacial score (nSPS) is 17.0. The van der Waals surface area contributed by atoms with Crippen LogP contribution in [0.25, 0.3) is 11.0 Å². The predicted octanol–water partition coefficient (Wildman–Crippen LogP) is 3.28. The Morgan fingerprint density at radius 2 is 1.74 bits per heavy atom. The van der Waals surface area contributed by atoms with Crippen LogP contribution in [0.4, 0.5) is 14.6 Å². The highest BCUT2D eigenvalue weighted by molar-refractivity contribution is 5.92. The molecule has 0 radical (unpaired) electrons. The Kier molecular flexibility index (Phi) is 5.28. The van der Waals surface area contributed by atoms with Crippen LogP contribution in [-0.2, 0) is 19.4 Å². The van der Waals surface area contributed by atoms with Crippen LogP contribution in [0.5, 0.6) is 0 Å². The van der Waals surface area contributed by atoms with Crippen LogP contribution in [0.3, 0.4) is 0 Å². The Morgan fingerprint density at radius 1 is 0.968 bits per heavy atom. The smallest absolute Gasteiger partial charge is 0.156 e. The summed E-state index contributed by atoms with van der Waals surface area (Å²) in [6.07, 6.45) is 5.29. The standard InChI is InChI=1S/C23H24F2N6/c24-17-11-16(12-18(25)13-17)4-6-29-7-9-30(10-8-29)23-22-21(27-15-28-23)19(14-26)20-3-1-2-5-31(20)22/h11-13,15H,1-10H2. The number of piperazine rings is 1. The molecule has 2 aliphatic rings. The summed E-state index contributed by atoms with van der Waals surface area (Å²) in [4.78, 5) is 13.6. The number of hydrogen-bond acceptors (Lipinski definition) is 5. The largest absolute Gasteiger partial charge is 0.352 e. The van der Waals surface area contributed by atoms with Gasteiger partial charge in [0.2, 0.25) is 0 Å². The lowest BCUT2D eigenvalue weighted by atomic mass is 10.1. The Bertz CT molecular complexity index is 1140. The zero-order chi connectivity index (χ0) is 21.4. The number of hydrogen-bond donors (Lipinski definition) is 0. The quantitative estimate of drug-likeness (QED) is 0.646. The van der Waals surface area contributed by atoms with E-state index in [9.17, 15) is 14.0 Å². The van der Waals surface area contributed by atoms with Gasteiger partial charge < -0.3 is 9.47 Å². The highest BCUT2D eigenvalue weighted by Gasteiger charge is 2.27. The van der Waals surface area contributed by atoms with Gasteiger partial charge in [-0.1, -0.05) is 0 Å². The molecule has 1 fully saturated rings. The minimum atomic E-state index is -0.528. The average molecular weight is 422 g/mol. The van der Waals surface area contributed by atoms with E-state index >= 15 is 0 Å². The number of nitrogens with zero attached hydrogens (tertiary/aromatic N) is 6. The molecule has 5 rings (SSSR count). The van der Waals surface area contributed by atoms with E-state index in [0.717, 1.165) is 87.1 Å². The van der Waals surface area contributed by atoms with Gasteiger partial charge in [0, 0.05) is 51.0 Å². The maximum absolute atomic E-state index is 13.4. The van der Waals surface area contributed by atoms with E-state index in [4.69, 9.17) is 0 Å². The third-order valence-corrected chi connectivity index (χ3v) is 6.39. The van der Waals surface area contributed by atoms with Gasteiger partial charge in [-0.2, -0.15) is 5.26 Å². The molecule has 0 spiro atoms. The first kappa shape index (κ1) is 19.9. The Hall–Kier alpha value is -3.05. The van der Waals surface area contributed by atoms with Crippen molar-refractivity contribution in [2.24, 2.45) is 0 Å². The zero-order valence-corrected chi connectivity index (χ0v) is 17.3. The fraction of sp³-hybridized carbons (Fsp3) is 0.435. The van der Waals surface area contributed by atoms with Crippen molar-refractivity contribution in [1.82, 2.24) is 19.4 Å². The van der Waals surface area contributed by atoms with Gasteiger partial charge in [0.15, 0.2) is 5.82 Å². The molecular formula is C23H24F2N6. The molecule has 2 aromatic heterocycles. The van der Waals surface area contributed by atoms with Crippen LogP contribution in [0.2, 0.25) is 0 Å². The Morgan fingerprint density at radius 3 is 2.48 bits per heavy atom. The molecule has 31 heavy (non-hydrogen) atoms. The molecule has 0 N–H and O–H groups in total. The molecular weight excluding hydrogens is 398 g/mol. The number of aryl methyl sites for hydroxylation is 1. The van der Waals surface area contributed by atoms with Crippen LogP contribution in [0, 0.1) is 23.0 Å². The van der Waals surface area contributed by atoms with E-state index in [1.807, 2.05) is 0 Å². The van der Waals surface area contributed by atoms with Gasteiger partial charge in [0.25, 0.3) is 0 Å². The summed E-state index contributed by atoms with van der Waals surface area (Å²) < 4.78 is 29.1. The van der Waals surface area contributed by atoms with Crippen molar-refractivity contribution in [3.8, 4) is 6.07 Å². The molecule has 6 nitrogen and oxygen atoms in total. The summed E-state index contributed by atoms with van der Waals surface area (Å²) >= 11 is 0. The Labute approximate surface area is 179 Å². The molecule has 0 amide bonds. The number of rotatable bonds is 4. The van der Waals surface area contributed by atoms with Crippen molar-refractivity contribution in [3.05, 3.63) is 53.0 Å². The molecule has 0 saturated carbocycles. The monoisotopic (exact) mass is 422 g/mol. The average Bonchev–Trinajstić information content (AvgIpc) is 3.11. The van der Waals surface area contributed by atoms with Gasteiger partial charge in [-0.05, 0) is 43.4 Å². The maximum atomic E-state index is 13.4. The van der Waals surface area contributed by atoms with Crippen molar-refractivity contribution in [1.29, 1.82) is 5.26 Å². The third-order valence-electron chi connectivity index (χ3n) is 6.39. The van der Waals surface area contributed by atoms with Gasteiger partial charge in [0.05, 0.1) is 5.56 Å². The van der Waals surface area contributed by atoms with E-state index in [1.165, 1.54) is 12.1 Å². The second-order valence-corrected chi connectivity index (χ2v) is 8.29. The predicted molar refractivity (Wildman–Crippen MR) is 114 cm³/mol. The van der Waals surface area contributed by atoms with E-state index in [2.05, 4.69) is 30.4 Å². The second-order valence-electron chi connectivity index (χ2n) is 8.29. The van der Waals surface area contributed by atoms with Crippen molar-refractivity contribution in [2.75, 3.05) is 37.6 Å². The molecule has 0 unspecified atom stereocenters. The van der Waals surface area contributed by atoms with E-state index in [0.29, 0.717) is 17.5 Å². The van der Waals surface area contributed by atoms with Gasteiger partial charge in [-0.15, -0.1) is 0 Å². The lowest BCUT2D eigenvalue weighted by Gasteiger charge is -2.35. The molecule has 0 aliphatic carbocycles. The fourth-order valence-electron chi connectivity index (χ4n) is 4.85. The minimum absolute atomic E-state index is 0.528. The van der Waals surface area contributed by atoms with Crippen LogP contribution >= 0.6 is 0 Å². The molecule has 1 saturated heterocycles. The lowest BCUT2D eigenvalue weighted by Crippen LogP contribution is -2.47. The first-order chi connectivity index (χ1) is 15.1. The molecule has 160 valence electrons. The third kappa shape index (κ3) is 3.74. The summed E-state index contributed by atoms with van der Waals surface area (Å²) in [5.74, 6) is -0.152. The van der Waals surface area contributed by atoms with Crippen molar-refractivity contribution in [2.45, 2.75) is 32.2 Å².